The molecule has 2 N–H and O–H groups in total. The van der Waals surface area contributed by atoms with Crippen LogP contribution in [-0.4, -0.2) is 22.9 Å². The zero-order chi connectivity index (χ0) is 11.4. The van der Waals surface area contributed by atoms with E-state index in [0.717, 1.165) is 12.8 Å². The van der Waals surface area contributed by atoms with E-state index in [1.807, 2.05) is 0 Å². The maximum Gasteiger partial charge on any atom is 0.0623 e. The van der Waals surface area contributed by atoms with Gasteiger partial charge < -0.3 is 10.2 Å². The van der Waals surface area contributed by atoms with Crippen LogP contribution in [0.2, 0.25) is 0 Å². The Balaban J connectivity index is 4.52. The van der Waals surface area contributed by atoms with Crippen molar-refractivity contribution in [2.45, 2.75) is 53.6 Å². The Labute approximate surface area is 88.3 Å². The van der Waals surface area contributed by atoms with Crippen molar-refractivity contribution in [1.82, 2.24) is 0 Å². The summed E-state index contributed by atoms with van der Waals surface area (Å²) in [5.74, 6) is 0.291. The van der Waals surface area contributed by atoms with Gasteiger partial charge in [-0.15, -0.1) is 0 Å². The highest BCUT2D eigenvalue weighted by atomic mass is 16.3. The van der Waals surface area contributed by atoms with Gasteiger partial charge in [-0.3, -0.25) is 0 Å². The SMILES string of the molecule is CCC(CC)C(O)C(CO)C(C)(C)C. The summed E-state index contributed by atoms with van der Waals surface area (Å²) in [7, 11) is 0. The van der Waals surface area contributed by atoms with E-state index in [-0.39, 0.29) is 24.0 Å². The molecule has 0 saturated heterocycles. The average molecular weight is 202 g/mol. The third-order valence-corrected chi connectivity index (χ3v) is 3.25. The molecule has 0 aromatic heterocycles. The Kier molecular flexibility index (Phi) is 5.68. The summed E-state index contributed by atoms with van der Waals surface area (Å²) in [6.45, 7) is 10.5. The molecule has 86 valence electrons. The monoisotopic (exact) mass is 202 g/mol. The highest BCUT2D eigenvalue weighted by Gasteiger charge is 2.33. The number of aliphatic hydroxyl groups is 2. The summed E-state index contributed by atoms with van der Waals surface area (Å²) >= 11 is 0. The second kappa shape index (κ2) is 5.72. The predicted octanol–water partition coefficient (Wildman–Crippen LogP) is 2.44. The first kappa shape index (κ1) is 13.9. The molecule has 0 aliphatic rings. The predicted molar refractivity (Wildman–Crippen MR) is 60.1 cm³/mol. The Bertz CT molecular complexity index is 145. The first-order valence-electron chi connectivity index (χ1n) is 5.67. The lowest BCUT2D eigenvalue weighted by Gasteiger charge is -2.36. The first-order valence-corrected chi connectivity index (χ1v) is 5.67. The Hall–Kier alpha value is -0.0800. The fraction of sp³-hybridized carbons (Fsp3) is 1.00. The first-order chi connectivity index (χ1) is 6.38. The zero-order valence-corrected chi connectivity index (χ0v) is 10.2. The Morgan fingerprint density at radius 1 is 1.07 bits per heavy atom. The van der Waals surface area contributed by atoms with E-state index in [9.17, 15) is 10.2 Å². The largest absolute Gasteiger partial charge is 0.396 e. The molecule has 0 rings (SSSR count). The molecule has 0 aliphatic carbocycles. The molecule has 0 bridgehead atoms. The van der Waals surface area contributed by atoms with Gasteiger partial charge in [-0.25, -0.2) is 0 Å². The molecule has 2 heteroatoms. The van der Waals surface area contributed by atoms with Gasteiger partial charge in [-0.1, -0.05) is 47.5 Å². The van der Waals surface area contributed by atoms with Gasteiger partial charge in [0.1, 0.15) is 0 Å². The molecule has 0 saturated carbocycles. The second-order valence-electron chi connectivity index (χ2n) is 5.22. The van der Waals surface area contributed by atoms with Crippen molar-refractivity contribution in [3.8, 4) is 0 Å². The topological polar surface area (TPSA) is 40.5 Å². The molecular weight excluding hydrogens is 176 g/mol. The highest BCUT2D eigenvalue weighted by molar-refractivity contribution is 4.83. The van der Waals surface area contributed by atoms with E-state index in [0.29, 0.717) is 5.92 Å². The Morgan fingerprint density at radius 2 is 1.50 bits per heavy atom. The molecule has 0 heterocycles. The van der Waals surface area contributed by atoms with E-state index < -0.39 is 0 Å². The van der Waals surface area contributed by atoms with Crippen molar-refractivity contribution >= 4 is 0 Å². The molecule has 2 atom stereocenters. The standard InChI is InChI=1S/C12H26O2/c1-6-9(7-2)11(14)10(8-13)12(3,4)5/h9-11,13-14H,6-8H2,1-5H3. The Morgan fingerprint density at radius 3 is 1.71 bits per heavy atom. The maximum atomic E-state index is 10.1. The second-order valence-corrected chi connectivity index (χ2v) is 5.22. The number of rotatable bonds is 5. The van der Waals surface area contributed by atoms with Crippen LogP contribution >= 0.6 is 0 Å². The summed E-state index contributed by atoms with van der Waals surface area (Å²) in [5.41, 5.74) is -0.0310. The van der Waals surface area contributed by atoms with E-state index in [2.05, 4.69) is 34.6 Å². The maximum absolute atomic E-state index is 10.1. The van der Waals surface area contributed by atoms with Crippen LogP contribution in [0.1, 0.15) is 47.5 Å². The van der Waals surface area contributed by atoms with E-state index in [1.165, 1.54) is 0 Å². The van der Waals surface area contributed by atoms with Crippen molar-refractivity contribution in [1.29, 1.82) is 0 Å². The molecule has 0 fully saturated rings. The van der Waals surface area contributed by atoms with Crippen molar-refractivity contribution in [3.05, 3.63) is 0 Å². The molecule has 0 aromatic carbocycles. The lowest BCUT2D eigenvalue weighted by molar-refractivity contribution is -0.0299. The number of hydrogen-bond acceptors (Lipinski definition) is 2. The molecule has 0 radical (unpaired) electrons. The van der Waals surface area contributed by atoms with Gasteiger partial charge in [-0.2, -0.15) is 0 Å². The zero-order valence-electron chi connectivity index (χ0n) is 10.2. The van der Waals surface area contributed by atoms with E-state index >= 15 is 0 Å². The summed E-state index contributed by atoms with van der Waals surface area (Å²) in [6, 6.07) is 0. The molecule has 2 nitrogen and oxygen atoms in total. The summed E-state index contributed by atoms with van der Waals surface area (Å²) in [4.78, 5) is 0. The van der Waals surface area contributed by atoms with E-state index in [4.69, 9.17) is 0 Å². The third kappa shape index (κ3) is 3.58. The molecule has 0 aliphatic heterocycles. The van der Waals surface area contributed by atoms with Crippen LogP contribution in [0.5, 0.6) is 0 Å². The lowest BCUT2D eigenvalue weighted by Crippen LogP contribution is -2.39. The summed E-state index contributed by atoms with van der Waals surface area (Å²) in [5, 5.41) is 19.5. The smallest absolute Gasteiger partial charge is 0.0623 e. The fourth-order valence-electron chi connectivity index (χ4n) is 1.99. The lowest BCUT2D eigenvalue weighted by atomic mass is 9.73. The average Bonchev–Trinajstić information content (AvgIpc) is 2.05. The van der Waals surface area contributed by atoms with Crippen LogP contribution in [0, 0.1) is 17.3 Å². The van der Waals surface area contributed by atoms with Gasteiger partial charge >= 0.3 is 0 Å². The molecule has 0 spiro atoms. The van der Waals surface area contributed by atoms with E-state index in [1.54, 1.807) is 0 Å². The summed E-state index contributed by atoms with van der Waals surface area (Å²) < 4.78 is 0. The molecule has 0 aromatic rings. The van der Waals surface area contributed by atoms with Crippen molar-refractivity contribution in [3.63, 3.8) is 0 Å². The quantitative estimate of drug-likeness (QED) is 0.719. The van der Waals surface area contributed by atoms with Gasteiger partial charge in [0, 0.05) is 12.5 Å². The number of hydrogen-bond donors (Lipinski definition) is 2. The third-order valence-electron chi connectivity index (χ3n) is 3.25. The van der Waals surface area contributed by atoms with Crippen LogP contribution in [0.15, 0.2) is 0 Å². The van der Waals surface area contributed by atoms with Crippen molar-refractivity contribution in [2.75, 3.05) is 6.61 Å². The van der Waals surface area contributed by atoms with Gasteiger partial charge in [-0.05, 0) is 11.3 Å². The minimum atomic E-state index is -0.380. The van der Waals surface area contributed by atoms with Gasteiger partial charge in [0.05, 0.1) is 6.10 Å². The van der Waals surface area contributed by atoms with Crippen LogP contribution in [0.4, 0.5) is 0 Å². The van der Waals surface area contributed by atoms with Gasteiger partial charge in [0.2, 0.25) is 0 Å². The summed E-state index contributed by atoms with van der Waals surface area (Å²) in [6.07, 6.45) is 1.57. The normalized spacial score (nSPS) is 17.1. The molecule has 0 amide bonds. The highest BCUT2D eigenvalue weighted by Crippen LogP contribution is 2.33. The van der Waals surface area contributed by atoms with Crippen molar-refractivity contribution in [2.24, 2.45) is 17.3 Å². The van der Waals surface area contributed by atoms with Crippen LogP contribution in [0.3, 0.4) is 0 Å². The van der Waals surface area contributed by atoms with Gasteiger partial charge in [0.25, 0.3) is 0 Å². The minimum absolute atomic E-state index is 0.0209. The van der Waals surface area contributed by atoms with Crippen molar-refractivity contribution < 1.29 is 10.2 Å². The fourth-order valence-corrected chi connectivity index (χ4v) is 1.99. The van der Waals surface area contributed by atoms with Crippen LogP contribution in [-0.2, 0) is 0 Å². The molecule has 2 unspecified atom stereocenters. The van der Waals surface area contributed by atoms with Gasteiger partial charge in [0.15, 0.2) is 0 Å². The van der Waals surface area contributed by atoms with Crippen LogP contribution < -0.4 is 0 Å². The molecular formula is C12H26O2. The number of aliphatic hydroxyl groups excluding tert-OH is 2. The van der Waals surface area contributed by atoms with Crippen LogP contribution in [0.25, 0.3) is 0 Å². The minimum Gasteiger partial charge on any atom is -0.396 e. The molecule has 14 heavy (non-hydrogen) atoms.